The van der Waals surface area contributed by atoms with E-state index in [2.05, 4.69) is 10.3 Å². The van der Waals surface area contributed by atoms with Crippen LogP contribution < -0.4 is 5.32 Å². The van der Waals surface area contributed by atoms with E-state index in [0.29, 0.717) is 17.5 Å². The van der Waals surface area contributed by atoms with Crippen LogP contribution in [-0.2, 0) is 11.3 Å². The van der Waals surface area contributed by atoms with Gasteiger partial charge in [-0.1, -0.05) is 23.7 Å². The van der Waals surface area contributed by atoms with Crippen LogP contribution in [0.4, 0.5) is 0 Å². The summed E-state index contributed by atoms with van der Waals surface area (Å²) >= 11 is 5.93. The van der Waals surface area contributed by atoms with E-state index in [1.165, 1.54) is 0 Å². The fourth-order valence-electron chi connectivity index (χ4n) is 2.54. The first-order valence-corrected chi connectivity index (χ1v) is 7.54. The number of carbonyl (C=O) groups is 1. The Morgan fingerprint density at radius 3 is 2.48 bits per heavy atom. The van der Waals surface area contributed by atoms with E-state index in [-0.39, 0.29) is 11.8 Å². The van der Waals surface area contributed by atoms with Crippen LogP contribution in [0.5, 0.6) is 0 Å². The summed E-state index contributed by atoms with van der Waals surface area (Å²) in [6.07, 6.45) is 5.71. The Bertz CT molecular complexity index is 608. The van der Waals surface area contributed by atoms with Gasteiger partial charge in [-0.3, -0.25) is 9.78 Å². The van der Waals surface area contributed by atoms with Gasteiger partial charge in [0.25, 0.3) is 0 Å². The summed E-state index contributed by atoms with van der Waals surface area (Å²) in [5, 5.41) is 3.73. The molecule has 1 aliphatic rings. The summed E-state index contributed by atoms with van der Waals surface area (Å²) in [6.45, 7) is 0.540. The lowest BCUT2D eigenvalue weighted by atomic mass is 9.93. The Balaban J connectivity index is 1.69. The number of nitrogens with zero attached hydrogens (tertiary/aromatic N) is 1. The van der Waals surface area contributed by atoms with Gasteiger partial charge in [-0.05, 0) is 54.2 Å². The van der Waals surface area contributed by atoms with E-state index in [4.69, 9.17) is 11.6 Å². The van der Waals surface area contributed by atoms with E-state index in [1.54, 1.807) is 12.4 Å². The molecule has 1 heterocycles. The predicted molar refractivity (Wildman–Crippen MR) is 83.0 cm³/mol. The van der Waals surface area contributed by atoms with Gasteiger partial charge in [-0.25, -0.2) is 0 Å². The minimum absolute atomic E-state index is 0.0656. The number of halogens is 1. The Morgan fingerprint density at radius 1 is 1.19 bits per heavy atom. The van der Waals surface area contributed by atoms with Gasteiger partial charge in [0.2, 0.25) is 5.91 Å². The van der Waals surface area contributed by atoms with Crippen molar-refractivity contribution in [1.82, 2.24) is 10.3 Å². The predicted octanol–water partition coefficient (Wildman–Crippen LogP) is 3.55. The molecular weight excluding hydrogens is 284 g/mol. The molecule has 1 saturated carbocycles. The molecule has 3 nitrogen and oxygen atoms in total. The molecule has 1 atom stereocenters. The summed E-state index contributed by atoms with van der Waals surface area (Å²) in [4.78, 5) is 16.5. The molecule has 0 saturated heterocycles. The first kappa shape index (κ1) is 14.1. The maximum atomic E-state index is 12.5. The Morgan fingerprint density at radius 2 is 1.86 bits per heavy atom. The highest BCUT2D eigenvalue weighted by atomic mass is 35.5. The quantitative estimate of drug-likeness (QED) is 0.917. The number of aromatic nitrogens is 1. The molecule has 1 N–H and O–H groups in total. The third kappa shape index (κ3) is 3.61. The van der Waals surface area contributed by atoms with E-state index < -0.39 is 0 Å². The van der Waals surface area contributed by atoms with Gasteiger partial charge in [0.1, 0.15) is 0 Å². The second kappa shape index (κ2) is 6.27. The molecule has 1 amide bonds. The molecule has 0 aliphatic heterocycles. The molecule has 2 aromatic rings. The molecule has 1 unspecified atom stereocenters. The average molecular weight is 301 g/mol. The number of hydrogen-bond acceptors (Lipinski definition) is 2. The standard InChI is InChI=1S/C17H17ClN2O/c18-15-5-3-14(4-6-15)16(13-1-2-13)17(21)20-11-12-7-9-19-10-8-12/h3-10,13,16H,1-2,11H2,(H,20,21). The summed E-state index contributed by atoms with van der Waals surface area (Å²) in [5.74, 6) is 0.490. The van der Waals surface area contributed by atoms with Crippen molar-refractivity contribution in [3.63, 3.8) is 0 Å². The number of hydrogen-bond donors (Lipinski definition) is 1. The van der Waals surface area contributed by atoms with Gasteiger partial charge in [-0.2, -0.15) is 0 Å². The minimum atomic E-state index is -0.0656. The summed E-state index contributed by atoms with van der Waals surface area (Å²) in [7, 11) is 0. The van der Waals surface area contributed by atoms with Crippen LogP contribution >= 0.6 is 11.6 Å². The molecular formula is C17H17ClN2O. The highest BCUT2D eigenvalue weighted by Crippen LogP contribution is 2.42. The minimum Gasteiger partial charge on any atom is -0.351 e. The Labute approximate surface area is 129 Å². The smallest absolute Gasteiger partial charge is 0.228 e. The van der Waals surface area contributed by atoms with Crippen molar-refractivity contribution in [1.29, 1.82) is 0 Å². The molecule has 3 rings (SSSR count). The maximum Gasteiger partial charge on any atom is 0.228 e. The highest BCUT2D eigenvalue weighted by Gasteiger charge is 2.37. The third-order valence-corrected chi connectivity index (χ3v) is 4.07. The zero-order valence-electron chi connectivity index (χ0n) is 11.6. The molecule has 1 aromatic carbocycles. The normalized spacial score (nSPS) is 15.5. The monoisotopic (exact) mass is 300 g/mol. The zero-order valence-corrected chi connectivity index (χ0v) is 12.4. The van der Waals surface area contributed by atoms with Gasteiger partial charge in [-0.15, -0.1) is 0 Å². The second-order valence-corrected chi connectivity index (χ2v) is 5.88. The van der Waals surface area contributed by atoms with Crippen molar-refractivity contribution < 1.29 is 4.79 Å². The molecule has 21 heavy (non-hydrogen) atoms. The van der Waals surface area contributed by atoms with Crippen LogP contribution in [0.1, 0.15) is 29.9 Å². The van der Waals surface area contributed by atoms with Gasteiger partial charge < -0.3 is 5.32 Å². The van der Waals surface area contributed by atoms with Gasteiger partial charge in [0, 0.05) is 24.0 Å². The molecule has 0 bridgehead atoms. The van der Waals surface area contributed by atoms with E-state index in [1.807, 2.05) is 36.4 Å². The summed E-state index contributed by atoms with van der Waals surface area (Å²) in [6, 6.07) is 11.4. The highest BCUT2D eigenvalue weighted by molar-refractivity contribution is 6.30. The number of rotatable bonds is 5. The van der Waals surface area contributed by atoms with Crippen LogP contribution in [-0.4, -0.2) is 10.9 Å². The van der Waals surface area contributed by atoms with Crippen molar-refractivity contribution in [2.24, 2.45) is 5.92 Å². The number of pyridine rings is 1. The Kier molecular flexibility index (Phi) is 4.20. The van der Waals surface area contributed by atoms with E-state index in [0.717, 1.165) is 24.0 Å². The lowest BCUT2D eigenvalue weighted by Gasteiger charge is -2.17. The van der Waals surface area contributed by atoms with Crippen LogP contribution in [0, 0.1) is 5.92 Å². The van der Waals surface area contributed by atoms with E-state index >= 15 is 0 Å². The number of carbonyl (C=O) groups excluding carboxylic acids is 1. The first-order chi connectivity index (χ1) is 10.2. The Hall–Kier alpha value is -1.87. The summed E-state index contributed by atoms with van der Waals surface area (Å²) < 4.78 is 0. The van der Waals surface area contributed by atoms with Crippen molar-refractivity contribution >= 4 is 17.5 Å². The topological polar surface area (TPSA) is 42.0 Å². The second-order valence-electron chi connectivity index (χ2n) is 5.44. The zero-order chi connectivity index (χ0) is 14.7. The van der Waals surface area contributed by atoms with Crippen LogP contribution in [0.3, 0.4) is 0 Å². The fourth-order valence-corrected chi connectivity index (χ4v) is 2.66. The average Bonchev–Trinajstić information content (AvgIpc) is 3.33. The number of benzene rings is 1. The molecule has 0 radical (unpaired) electrons. The van der Waals surface area contributed by atoms with Crippen molar-refractivity contribution in [2.75, 3.05) is 0 Å². The SMILES string of the molecule is O=C(NCc1ccncc1)C(c1ccc(Cl)cc1)C1CC1. The van der Waals surface area contributed by atoms with Crippen molar-refractivity contribution in [2.45, 2.75) is 25.3 Å². The molecule has 4 heteroatoms. The van der Waals surface area contributed by atoms with Crippen molar-refractivity contribution in [3.05, 3.63) is 64.9 Å². The van der Waals surface area contributed by atoms with Crippen LogP contribution in [0.15, 0.2) is 48.8 Å². The number of nitrogens with one attached hydrogen (secondary N) is 1. The van der Waals surface area contributed by atoms with Crippen LogP contribution in [0.25, 0.3) is 0 Å². The van der Waals surface area contributed by atoms with E-state index in [9.17, 15) is 4.79 Å². The maximum absolute atomic E-state index is 12.5. The van der Waals surface area contributed by atoms with Crippen LogP contribution in [0.2, 0.25) is 5.02 Å². The molecule has 108 valence electrons. The fraction of sp³-hybridized carbons (Fsp3) is 0.294. The molecule has 1 fully saturated rings. The number of amides is 1. The molecule has 1 aromatic heterocycles. The molecule has 0 spiro atoms. The lowest BCUT2D eigenvalue weighted by molar-refractivity contribution is -0.123. The third-order valence-electron chi connectivity index (χ3n) is 3.82. The van der Waals surface area contributed by atoms with Gasteiger partial charge in [0.05, 0.1) is 5.92 Å². The molecule has 1 aliphatic carbocycles. The van der Waals surface area contributed by atoms with Gasteiger partial charge in [0.15, 0.2) is 0 Å². The largest absolute Gasteiger partial charge is 0.351 e. The van der Waals surface area contributed by atoms with Crippen molar-refractivity contribution in [3.8, 4) is 0 Å². The lowest BCUT2D eigenvalue weighted by Crippen LogP contribution is -2.30. The first-order valence-electron chi connectivity index (χ1n) is 7.16. The summed E-state index contributed by atoms with van der Waals surface area (Å²) in [5.41, 5.74) is 2.11. The van der Waals surface area contributed by atoms with Gasteiger partial charge >= 0.3 is 0 Å².